The molecule has 0 saturated carbocycles. The molecule has 1 amide bonds. The van der Waals surface area contributed by atoms with Gasteiger partial charge < -0.3 is 5.32 Å². The first kappa shape index (κ1) is 15.5. The Morgan fingerprint density at radius 1 is 1.38 bits per heavy atom. The largest absolute Gasteiger partial charge is 0.344 e. The van der Waals surface area contributed by atoms with Crippen molar-refractivity contribution in [3.05, 3.63) is 59.2 Å². The third kappa shape index (κ3) is 3.61. The van der Waals surface area contributed by atoms with Crippen LogP contribution in [-0.2, 0) is 0 Å². The fraction of sp³-hybridized carbons (Fsp3) is 0.250. The molecule has 0 bridgehead atoms. The number of aromatic nitrogens is 1. The third-order valence-electron chi connectivity index (χ3n) is 3.23. The van der Waals surface area contributed by atoms with Crippen molar-refractivity contribution >= 4 is 17.7 Å². The van der Waals surface area contributed by atoms with Gasteiger partial charge in [-0.05, 0) is 49.9 Å². The molecule has 0 aliphatic rings. The highest BCUT2D eigenvalue weighted by Crippen LogP contribution is 2.20. The van der Waals surface area contributed by atoms with Crippen molar-refractivity contribution in [2.24, 2.45) is 0 Å². The second kappa shape index (κ2) is 6.72. The second-order valence-electron chi connectivity index (χ2n) is 4.75. The van der Waals surface area contributed by atoms with E-state index in [4.69, 9.17) is 0 Å². The Bertz CT molecular complexity index is 660. The Morgan fingerprint density at radius 2 is 2.14 bits per heavy atom. The molecule has 0 fully saturated rings. The number of carbonyl (C=O) groups excluding carboxylic acids is 1. The molecule has 110 valence electrons. The van der Waals surface area contributed by atoms with Crippen molar-refractivity contribution < 1.29 is 9.18 Å². The van der Waals surface area contributed by atoms with E-state index in [9.17, 15) is 9.18 Å². The number of hydrogen-bond donors (Lipinski definition) is 1. The molecular formula is C16H17FN2OS. The van der Waals surface area contributed by atoms with E-state index in [1.807, 2.05) is 31.4 Å². The minimum atomic E-state index is -0.490. The first-order valence-corrected chi connectivity index (χ1v) is 7.81. The molecule has 1 aromatic carbocycles. The molecule has 1 N–H and O–H groups in total. The van der Waals surface area contributed by atoms with Crippen LogP contribution in [0.4, 0.5) is 4.39 Å². The van der Waals surface area contributed by atoms with Crippen LogP contribution in [0.3, 0.4) is 0 Å². The van der Waals surface area contributed by atoms with Crippen LogP contribution in [0.1, 0.15) is 34.6 Å². The quantitative estimate of drug-likeness (QED) is 0.875. The number of benzene rings is 1. The molecule has 0 saturated heterocycles. The number of carbonyl (C=O) groups is 1. The number of thioether (sulfide) groups is 1. The first-order chi connectivity index (χ1) is 10.0. The lowest BCUT2D eigenvalue weighted by Gasteiger charge is -2.15. The van der Waals surface area contributed by atoms with E-state index in [2.05, 4.69) is 10.3 Å². The number of rotatable bonds is 4. The number of hydrogen-bond acceptors (Lipinski definition) is 3. The van der Waals surface area contributed by atoms with Gasteiger partial charge >= 0.3 is 0 Å². The van der Waals surface area contributed by atoms with Gasteiger partial charge in [0.1, 0.15) is 5.82 Å². The molecule has 2 aromatic rings. The number of nitrogens with one attached hydrogen (secondary N) is 1. The van der Waals surface area contributed by atoms with E-state index in [1.165, 1.54) is 18.3 Å². The summed E-state index contributed by atoms with van der Waals surface area (Å²) in [6, 6.07) is 8.10. The summed E-state index contributed by atoms with van der Waals surface area (Å²) in [5, 5.41) is 2.79. The van der Waals surface area contributed by atoms with Crippen LogP contribution in [0, 0.1) is 12.7 Å². The molecule has 21 heavy (non-hydrogen) atoms. The molecule has 0 spiro atoms. The maximum absolute atomic E-state index is 13.7. The molecule has 0 aliphatic carbocycles. The van der Waals surface area contributed by atoms with Crippen LogP contribution in [0.5, 0.6) is 0 Å². The normalized spacial score (nSPS) is 12.0. The van der Waals surface area contributed by atoms with E-state index in [0.29, 0.717) is 5.56 Å². The molecular weight excluding hydrogens is 287 g/mol. The van der Waals surface area contributed by atoms with E-state index in [-0.39, 0.29) is 11.6 Å². The number of pyridine rings is 1. The zero-order valence-corrected chi connectivity index (χ0v) is 13.0. The lowest BCUT2D eigenvalue weighted by Crippen LogP contribution is -2.28. The topological polar surface area (TPSA) is 42.0 Å². The number of aryl methyl sites for hydroxylation is 1. The summed E-state index contributed by atoms with van der Waals surface area (Å²) in [5.74, 6) is -0.638. The molecule has 1 aromatic heterocycles. The van der Waals surface area contributed by atoms with Gasteiger partial charge in [-0.3, -0.25) is 9.78 Å². The third-order valence-corrected chi connectivity index (χ3v) is 3.96. The van der Waals surface area contributed by atoms with Gasteiger partial charge in [0.2, 0.25) is 0 Å². The van der Waals surface area contributed by atoms with Crippen molar-refractivity contribution in [2.75, 3.05) is 6.26 Å². The van der Waals surface area contributed by atoms with Crippen LogP contribution in [-0.4, -0.2) is 17.1 Å². The van der Waals surface area contributed by atoms with Crippen LogP contribution in [0.2, 0.25) is 0 Å². The molecule has 1 atom stereocenters. The van der Waals surface area contributed by atoms with Crippen LogP contribution >= 0.6 is 11.8 Å². The van der Waals surface area contributed by atoms with Gasteiger partial charge in [0.15, 0.2) is 0 Å². The van der Waals surface area contributed by atoms with Gasteiger partial charge in [0.05, 0.1) is 11.7 Å². The fourth-order valence-corrected chi connectivity index (χ4v) is 2.47. The van der Waals surface area contributed by atoms with Gasteiger partial charge in [-0.1, -0.05) is 6.07 Å². The van der Waals surface area contributed by atoms with Gasteiger partial charge in [-0.15, -0.1) is 11.8 Å². The Balaban J connectivity index is 2.20. The number of nitrogens with zero attached hydrogens (tertiary/aromatic N) is 1. The Hall–Kier alpha value is -1.88. The first-order valence-electron chi connectivity index (χ1n) is 6.59. The predicted molar refractivity (Wildman–Crippen MR) is 83.0 cm³/mol. The highest BCUT2D eigenvalue weighted by molar-refractivity contribution is 7.98. The number of halogens is 1. The van der Waals surface area contributed by atoms with E-state index in [1.54, 1.807) is 18.7 Å². The zero-order chi connectivity index (χ0) is 15.4. The van der Waals surface area contributed by atoms with Gasteiger partial charge in [0, 0.05) is 16.7 Å². The van der Waals surface area contributed by atoms with E-state index >= 15 is 0 Å². The van der Waals surface area contributed by atoms with E-state index in [0.717, 1.165) is 10.5 Å². The van der Waals surface area contributed by atoms with Crippen molar-refractivity contribution in [1.29, 1.82) is 0 Å². The minimum Gasteiger partial charge on any atom is -0.344 e. The lowest BCUT2D eigenvalue weighted by molar-refractivity contribution is 0.0937. The summed E-state index contributed by atoms with van der Waals surface area (Å²) < 4.78 is 13.7. The standard InChI is InChI=1S/C16H17FN2OS/c1-10-6-7-12(21-3)9-13(10)16(20)19-11(2)15-14(17)5-4-8-18-15/h4-9,11H,1-3H3,(H,19,20)/t11-/m1/s1. The molecule has 2 rings (SSSR count). The Labute approximate surface area is 128 Å². The summed E-state index contributed by atoms with van der Waals surface area (Å²) in [6.07, 6.45) is 3.47. The van der Waals surface area contributed by atoms with Crippen molar-refractivity contribution in [3.63, 3.8) is 0 Å². The molecule has 0 radical (unpaired) electrons. The molecule has 0 unspecified atom stereocenters. The van der Waals surface area contributed by atoms with Crippen molar-refractivity contribution in [3.8, 4) is 0 Å². The predicted octanol–water partition coefficient (Wildman–Crippen LogP) is 3.74. The summed E-state index contributed by atoms with van der Waals surface area (Å²) in [7, 11) is 0. The smallest absolute Gasteiger partial charge is 0.252 e. The Morgan fingerprint density at radius 3 is 2.81 bits per heavy atom. The van der Waals surface area contributed by atoms with Crippen LogP contribution in [0.15, 0.2) is 41.4 Å². The maximum Gasteiger partial charge on any atom is 0.252 e. The monoisotopic (exact) mass is 304 g/mol. The summed E-state index contributed by atoms with van der Waals surface area (Å²) in [5.41, 5.74) is 1.73. The van der Waals surface area contributed by atoms with Crippen LogP contribution in [0.25, 0.3) is 0 Å². The van der Waals surface area contributed by atoms with E-state index < -0.39 is 11.9 Å². The van der Waals surface area contributed by atoms with Crippen molar-refractivity contribution in [1.82, 2.24) is 10.3 Å². The fourth-order valence-electron chi connectivity index (χ4n) is 2.03. The average Bonchev–Trinajstić information content (AvgIpc) is 2.48. The van der Waals surface area contributed by atoms with Gasteiger partial charge in [-0.25, -0.2) is 4.39 Å². The maximum atomic E-state index is 13.7. The van der Waals surface area contributed by atoms with Crippen LogP contribution < -0.4 is 5.32 Å². The summed E-state index contributed by atoms with van der Waals surface area (Å²) in [6.45, 7) is 3.60. The number of amides is 1. The molecule has 5 heteroatoms. The SMILES string of the molecule is CSc1ccc(C)c(C(=O)N[C@H](C)c2ncccc2F)c1. The summed E-state index contributed by atoms with van der Waals surface area (Å²) in [4.78, 5) is 17.4. The lowest BCUT2D eigenvalue weighted by atomic mass is 10.1. The average molecular weight is 304 g/mol. The zero-order valence-electron chi connectivity index (χ0n) is 12.2. The second-order valence-corrected chi connectivity index (χ2v) is 5.63. The Kier molecular flexibility index (Phi) is 4.96. The highest BCUT2D eigenvalue weighted by Gasteiger charge is 2.17. The van der Waals surface area contributed by atoms with Crippen molar-refractivity contribution in [2.45, 2.75) is 24.8 Å². The highest BCUT2D eigenvalue weighted by atomic mass is 32.2. The van der Waals surface area contributed by atoms with Gasteiger partial charge in [-0.2, -0.15) is 0 Å². The molecule has 1 heterocycles. The minimum absolute atomic E-state index is 0.221. The molecule has 3 nitrogen and oxygen atoms in total. The summed E-state index contributed by atoms with van der Waals surface area (Å²) >= 11 is 1.57. The molecule has 0 aliphatic heterocycles. The van der Waals surface area contributed by atoms with Gasteiger partial charge in [0.25, 0.3) is 5.91 Å².